The number of amides is 1. The van der Waals surface area contributed by atoms with Gasteiger partial charge in [0.25, 0.3) is 5.91 Å². The van der Waals surface area contributed by atoms with Crippen molar-refractivity contribution in [2.75, 3.05) is 20.1 Å². The Bertz CT molecular complexity index is 394. The molecule has 0 aromatic carbocycles. The molecule has 16 heavy (non-hydrogen) atoms. The fourth-order valence-corrected chi connectivity index (χ4v) is 3.16. The van der Waals surface area contributed by atoms with Gasteiger partial charge >= 0.3 is 0 Å². The zero-order valence-corrected chi connectivity index (χ0v) is 10.5. The van der Waals surface area contributed by atoms with E-state index in [-0.39, 0.29) is 5.91 Å². The Morgan fingerprint density at radius 2 is 2.12 bits per heavy atom. The van der Waals surface area contributed by atoms with Crippen molar-refractivity contribution >= 4 is 17.2 Å². The van der Waals surface area contributed by atoms with E-state index >= 15 is 0 Å². The van der Waals surface area contributed by atoms with Crippen molar-refractivity contribution in [1.29, 1.82) is 0 Å². The Morgan fingerprint density at radius 1 is 1.50 bits per heavy atom. The lowest BCUT2D eigenvalue weighted by Gasteiger charge is -2.27. The molecule has 5 heteroatoms. The molecule has 0 bridgehead atoms. The van der Waals surface area contributed by atoms with Crippen LogP contribution in [0.25, 0.3) is 0 Å². The van der Waals surface area contributed by atoms with E-state index in [1.165, 1.54) is 11.3 Å². The Morgan fingerprint density at radius 3 is 2.62 bits per heavy atom. The summed E-state index contributed by atoms with van der Waals surface area (Å²) in [5, 5.41) is 1.08. The third kappa shape index (κ3) is 2.25. The Labute approximate surface area is 99.5 Å². The van der Waals surface area contributed by atoms with Crippen LogP contribution < -0.4 is 5.73 Å². The molecule has 4 nitrogen and oxygen atoms in total. The summed E-state index contributed by atoms with van der Waals surface area (Å²) in [7, 11) is 2.14. The fraction of sp³-hybridized carbons (Fsp3) is 0.636. The highest BCUT2D eigenvalue weighted by Crippen LogP contribution is 2.31. The molecule has 2 rings (SSSR count). The predicted molar refractivity (Wildman–Crippen MR) is 64.8 cm³/mol. The van der Waals surface area contributed by atoms with Crippen LogP contribution in [0.4, 0.5) is 0 Å². The number of rotatable bonds is 2. The van der Waals surface area contributed by atoms with Gasteiger partial charge in [-0.05, 0) is 39.9 Å². The molecule has 88 valence electrons. The molecular weight excluding hydrogens is 222 g/mol. The Balaban J connectivity index is 2.15. The van der Waals surface area contributed by atoms with Gasteiger partial charge in [0.1, 0.15) is 4.88 Å². The average molecular weight is 239 g/mol. The molecule has 0 spiro atoms. The summed E-state index contributed by atoms with van der Waals surface area (Å²) in [5.41, 5.74) is 6.09. The number of nitrogens with zero attached hydrogens (tertiary/aromatic N) is 2. The molecule has 0 radical (unpaired) electrons. The van der Waals surface area contributed by atoms with Crippen molar-refractivity contribution in [3.63, 3.8) is 0 Å². The van der Waals surface area contributed by atoms with Crippen LogP contribution in [0.15, 0.2) is 0 Å². The first kappa shape index (κ1) is 11.5. The number of carbonyl (C=O) groups is 1. The molecule has 0 atom stereocenters. The van der Waals surface area contributed by atoms with Gasteiger partial charge in [-0.1, -0.05) is 0 Å². The molecular formula is C11H17N3OS. The van der Waals surface area contributed by atoms with E-state index in [1.54, 1.807) is 0 Å². The van der Waals surface area contributed by atoms with Crippen LogP contribution in [-0.4, -0.2) is 35.9 Å². The molecule has 1 amide bonds. The normalized spacial score (nSPS) is 18.9. The summed E-state index contributed by atoms with van der Waals surface area (Å²) in [6, 6.07) is 0. The van der Waals surface area contributed by atoms with Crippen LogP contribution in [0.3, 0.4) is 0 Å². The average Bonchev–Trinajstić information content (AvgIpc) is 2.61. The molecule has 0 unspecified atom stereocenters. The maximum absolute atomic E-state index is 11.2. The van der Waals surface area contributed by atoms with Crippen molar-refractivity contribution in [2.24, 2.45) is 5.73 Å². The van der Waals surface area contributed by atoms with Crippen molar-refractivity contribution in [3.05, 3.63) is 15.6 Å². The number of primary amides is 1. The number of hydrogen-bond acceptors (Lipinski definition) is 4. The van der Waals surface area contributed by atoms with E-state index < -0.39 is 0 Å². The second-order valence-corrected chi connectivity index (χ2v) is 5.44. The highest BCUT2D eigenvalue weighted by molar-refractivity contribution is 7.13. The van der Waals surface area contributed by atoms with Gasteiger partial charge < -0.3 is 10.6 Å². The predicted octanol–water partition coefficient (Wildman–Crippen LogP) is 1.36. The van der Waals surface area contributed by atoms with Crippen LogP contribution in [0.5, 0.6) is 0 Å². The third-order valence-corrected chi connectivity index (χ3v) is 4.44. The molecule has 0 saturated carbocycles. The first-order valence-corrected chi connectivity index (χ1v) is 6.35. The Hall–Kier alpha value is -0.940. The highest BCUT2D eigenvalue weighted by atomic mass is 32.1. The number of piperidine rings is 1. The van der Waals surface area contributed by atoms with Gasteiger partial charge in [-0.3, -0.25) is 4.79 Å². The summed E-state index contributed by atoms with van der Waals surface area (Å²) in [4.78, 5) is 18.6. The molecule has 1 fully saturated rings. The number of aromatic nitrogens is 1. The molecule has 1 aliphatic rings. The van der Waals surface area contributed by atoms with Crippen molar-refractivity contribution < 1.29 is 4.79 Å². The first-order valence-electron chi connectivity index (χ1n) is 5.53. The smallest absolute Gasteiger partial charge is 0.260 e. The van der Waals surface area contributed by atoms with Crippen molar-refractivity contribution in [3.8, 4) is 0 Å². The molecule has 0 aliphatic carbocycles. The van der Waals surface area contributed by atoms with E-state index in [0.29, 0.717) is 10.8 Å². The number of thiazole rings is 1. The second-order valence-electron chi connectivity index (χ2n) is 4.41. The number of nitrogens with two attached hydrogens (primary N) is 1. The van der Waals surface area contributed by atoms with Crippen LogP contribution in [0.2, 0.25) is 0 Å². The summed E-state index contributed by atoms with van der Waals surface area (Å²) in [6.45, 7) is 4.07. The minimum Gasteiger partial charge on any atom is -0.365 e. The standard InChI is InChI=1S/C11H17N3OS/c1-7-9(10(12)15)16-11(13-7)8-3-5-14(2)6-4-8/h8H,3-6H2,1-2H3,(H2,12,15). The van der Waals surface area contributed by atoms with Gasteiger partial charge in [0.2, 0.25) is 0 Å². The highest BCUT2D eigenvalue weighted by Gasteiger charge is 2.23. The SMILES string of the molecule is Cc1nc(C2CCN(C)CC2)sc1C(N)=O. The summed E-state index contributed by atoms with van der Waals surface area (Å²) < 4.78 is 0. The lowest BCUT2D eigenvalue weighted by molar-refractivity contribution is 0.100. The van der Waals surface area contributed by atoms with Gasteiger partial charge in [0.15, 0.2) is 0 Å². The zero-order chi connectivity index (χ0) is 11.7. The monoisotopic (exact) mass is 239 g/mol. The molecule has 1 aliphatic heterocycles. The second kappa shape index (κ2) is 4.51. The largest absolute Gasteiger partial charge is 0.365 e. The zero-order valence-electron chi connectivity index (χ0n) is 9.69. The summed E-state index contributed by atoms with van der Waals surface area (Å²) in [6.07, 6.45) is 2.25. The lowest BCUT2D eigenvalue weighted by Crippen LogP contribution is -2.29. The molecule has 2 heterocycles. The van der Waals surface area contributed by atoms with Crippen molar-refractivity contribution in [2.45, 2.75) is 25.7 Å². The van der Waals surface area contributed by atoms with Crippen LogP contribution >= 0.6 is 11.3 Å². The fourth-order valence-electron chi connectivity index (χ4n) is 2.08. The van der Waals surface area contributed by atoms with Gasteiger partial charge in [-0.15, -0.1) is 11.3 Å². The number of hydrogen-bond donors (Lipinski definition) is 1. The van der Waals surface area contributed by atoms with E-state index in [2.05, 4.69) is 16.9 Å². The topological polar surface area (TPSA) is 59.2 Å². The number of carbonyl (C=O) groups excluding carboxylic acids is 1. The maximum Gasteiger partial charge on any atom is 0.260 e. The first-order chi connectivity index (χ1) is 7.58. The molecule has 1 aromatic rings. The summed E-state index contributed by atoms with van der Waals surface area (Å²) in [5.74, 6) is 0.155. The Kier molecular flexibility index (Phi) is 3.25. The van der Waals surface area contributed by atoms with E-state index in [4.69, 9.17) is 5.73 Å². The van der Waals surface area contributed by atoms with E-state index in [0.717, 1.165) is 36.6 Å². The van der Waals surface area contributed by atoms with Crippen LogP contribution in [-0.2, 0) is 0 Å². The minimum absolute atomic E-state index is 0.353. The number of likely N-dealkylation sites (tertiary alicyclic amines) is 1. The van der Waals surface area contributed by atoms with Crippen molar-refractivity contribution in [1.82, 2.24) is 9.88 Å². The van der Waals surface area contributed by atoms with E-state index in [9.17, 15) is 4.79 Å². The number of aryl methyl sites for hydroxylation is 1. The molecule has 1 saturated heterocycles. The van der Waals surface area contributed by atoms with Gasteiger partial charge in [0, 0.05) is 5.92 Å². The van der Waals surface area contributed by atoms with Gasteiger partial charge in [-0.2, -0.15) is 0 Å². The molecule has 1 aromatic heterocycles. The minimum atomic E-state index is -0.353. The maximum atomic E-state index is 11.2. The van der Waals surface area contributed by atoms with E-state index in [1.807, 2.05) is 6.92 Å². The lowest BCUT2D eigenvalue weighted by atomic mass is 9.98. The van der Waals surface area contributed by atoms with Crippen LogP contribution in [0, 0.1) is 6.92 Å². The summed E-state index contributed by atoms with van der Waals surface area (Å²) >= 11 is 1.47. The van der Waals surface area contributed by atoms with Gasteiger partial charge in [-0.25, -0.2) is 4.98 Å². The van der Waals surface area contributed by atoms with Gasteiger partial charge in [0.05, 0.1) is 10.7 Å². The molecule has 2 N–H and O–H groups in total. The van der Waals surface area contributed by atoms with Crippen LogP contribution in [0.1, 0.15) is 39.1 Å². The third-order valence-electron chi connectivity index (χ3n) is 3.10. The quantitative estimate of drug-likeness (QED) is 0.847.